The number of benzene rings is 7. The third kappa shape index (κ3) is 11.9. The lowest BCUT2D eigenvalue weighted by Gasteiger charge is -2.26. The summed E-state index contributed by atoms with van der Waals surface area (Å²) in [6, 6.07) is 32.7. The molecule has 0 saturated carbocycles. The Balaban J connectivity index is 0.000000152. The summed E-state index contributed by atoms with van der Waals surface area (Å²) >= 11 is 0. The van der Waals surface area contributed by atoms with Gasteiger partial charge in [0.1, 0.15) is 39.9 Å². The number of nitro benzene ring substituents is 1. The third-order valence-corrected chi connectivity index (χ3v) is 13.5. The molecule has 20 heteroatoms. The number of ketones is 8. The zero-order valence-corrected chi connectivity index (χ0v) is 45.4. The highest BCUT2D eigenvalue weighted by atomic mass is 16.6. The van der Waals surface area contributed by atoms with Crippen LogP contribution in [0.1, 0.15) is 133 Å². The minimum Gasteiger partial charge on any atom is -0.507 e. The molecule has 4 aliphatic rings. The standard InChI is InChI=1S/C18H12O4.C12H9NO3.C12H10O3.C11H7NO5.C11H10O3/c1-11-10-14(19)16-13(17(11)20)8-5-9-15(16)22-18(21)12-6-3-2-4-7-12;1-12(6-13)5-9(15)10-7(11(12)16)3-2-4-8(10)14;1-7-6-9(13)11-8(12(7)14)4-3-5-10(11)15-2;1-5-4-8(13)9-6(10(5)14)2-3-7(11(9)15)12(16)17;1-6-5-9(13)10-7(11(6)14)3-2-4-8(10)12/h2-10H,1H3;2-4,14H,5H2,1H3;3-6H,1-2H3;2-4,15H,1H3;2-5,12-14H,1H3. The summed E-state index contributed by atoms with van der Waals surface area (Å²) in [6.07, 6.45) is 3.51. The minimum atomic E-state index is -1.31. The van der Waals surface area contributed by atoms with Crippen LogP contribution in [0.2, 0.25) is 0 Å². The summed E-state index contributed by atoms with van der Waals surface area (Å²) in [7, 11) is 1.48. The van der Waals surface area contributed by atoms with Crippen molar-refractivity contribution in [3.63, 3.8) is 0 Å². The number of carbonyl (C=O) groups excluding carboxylic acids is 9. The number of phenolic OH excluding ortho intramolecular Hbond substituents is 5. The number of rotatable bonds is 4. The van der Waals surface area contributed by atoms with Crippen LogP contribution in [-0.2, 0) is 0 Å². The Kier molecular flexibility index (Phi) is 17.6. The molecule has 7 aromatic carbocycles. The molecule has 7 aromatic rings. The van der Waals surface area contributed by atoms with E-state index in [4.69, 9.17) is 14.7 Å². The second-order valence-corrected chi connectivity index (χ2v) is 19.3. The molecule has 0 aliphatic heterocycles. The zero-order chi connectivity index (χ0) is 61.6. The molecule has 0 bridgehead atoms. The van der Waals surface area contributed by atoms with Gasteiger partial charge < -0.3 is 35.0 Å². The van der Waals surface area contributed by atoms with E-state index in [1.54, 1.807) is 93.6 Å². The summed E-state index contributed by atoms with van der Waals surface area (Å²) in [4.78, 5) is 117. The Bertz CT molecular complexity index is 4180. The monoisotopic (exact) mass is 1130 g/mol. The number of aromatic hydroxyl groups is 5. The number of aryl methyl sites for hydroxylation is 1. The Hall–Kier alpha value is -11.5. The second-order valence-electron chi connectivity index (χ2n) is 19.3. The molecule has 84 heavy (non-hydrogen) atoms. The van der Waals surface area contributed by atoms with Crippen LogP contribution in [0.15, 0.2) is 156 Å². The molecule has 0 aromatic heterocycles. The lowest BCUT2D eigenvalue weighted by Crippen LogP contribution is -2.35. The van der Waals surface area contributed by atoms with Gasteiger partial charge in [-0.05, 0) is 107 Å². The average molecular weight is 1130 g/mol. The van der Waals surface area contributed by atoms with Crippen molar-refractivity contribution >= 4 is 68.7 Å². The number of esters is 1. The van der Waals surface area contributed by atoms with Crippen molar-refractivity contribution in [1.29, 1.82) is 5.26 Å². The normalized spacial score (nSPS) is 15.3. The molecule has 1 atom stereocenters. The number of allylic oxidation sites excluding steroid dienone is 6. The van der Waals surface area contributed by atoms with Crippen molar-refractivity contribution in [2.24, 2.45) is 5.41 Å². The van der Waals surface area contributed by atoms with Crippen LogP contribution < -0.4 is 9.47 Å². The van der Waals surface area contributed by atoms with Crippen molar-refractivity contribution in [3.05, 3.63) is 222 Å². The van der Waals surface area contributed by atoms with Crippen molar-refractivity contribution < 1.29 is 83.1 Å². The maximum atomic E-state index is 12.2. The van der Waals surface area contributed by atoms with Gasteiger partial charge in [-0.2, -0.15) is 5.26 Å². The molecule has 0 radical (unpaired) electrons. The number of carbonyl (C=O) groups is 9. The van der Waals surface area contributed by atoms with Crippen molar-refractivity contribution in [3.8, 4) is 46.3 Å². The molecule has 5 N–H and O–H groups in total. The number of nitriles is 1. The van der Waals surface area contributed by atoms with E-state index < -0.39 is 45.1 Å². The maximum Gasteiger partial charge on any atom is 0.343 e. The van der Waals surface area contributed by atoms with Gasteiger partial charge in [0.25, 0.3) is 0 Å². The van der Waals surface area contributed by atoms with E-state index in [1.165, 1.54) is 75.6 Å². The molecule has 1 unspecified atom stereocenters. The number of Topliss-reactive ketones (excluding diaryl/α,β-unsaturated/α-hetero) is 5. The highest BCUT2D eigenvalue weighted by molar-refractivity contribution is 6.27. The fourth-order valence-corrected chi connectivity index (χ4v) is 9.21. The molecular weight excluding hydrogens is 1080 g/mol. The van der Waals surface area contributed by atoms with E-state index in [1.807, 2.05) is 6.07 Å². The number of hydrogen-bond acceptors (Lipinski definition) is 19. The summed E-state index contributed by atoms with van der Waals surface area (Å²) < 4.78 is 10.4. The van der Waals surface area contributed by atoms with Crippen LogP contribution in [-0.4, -0.2) is 89.8 Å². The summed E-state index contributed by atoms with van der Waals surface area (Å²) in [5, 5.41) is 68.2. The van der Waals surface area contributed by atoms with E-state index in [9.17, 15) is 78.8 Å². The van der Waals surface area contributed by atoms with Crippen LogP contribution in [0, 0.1) is 33.8 Å². The van der Waals surface area contributed by atoms with Gasteiger partial charge in [0.2, 0.25) is 5.75 Å². The lowest BCUT2D eigenvalue weighted by molar-refractivity contribution is -0.385. The molecule has 0 fully saturated rings. The zero-order valence-electron chi connectivity index (χ0n) is 45.4. The number of fused-ring (bicyclic) bond motifs is 5. The first-order valence-electron chi connectivity index (χ1n) is 25.1. The molecule has 422 valence electrons. The van der Waals surface area contributed by atoms with E-state index >= 15 is 0 Å². The SMILES string of the molecule is CC1(C#N)CC(=O)c2c(O)cccc2C1=O.CC1=CC(=O)c2c(OC(=O)c3ccccc3)cccc2C1=O.CC1=CC(=O)c2c(ccc([N+](=O)[O-])c2O)C1=O.COc1cccc2c1C(=O)C=C(C)C2=O.Cc1cc(O)c2c(O)cccc2c1O. The fourth-order valence-electron chi connectivity index (χ4n) is 9.21. The van der Waals surface area contributed by atoms with Gasteiger partial charge in [-0.3, -0.25) is 48.5 Å². The highest BCUT2D eigenvalue weighted by Crippen LogP contribution is 2.41. The fraction of sp³-hybridized carbons (Fsp3) is 0.125. The molecule has 0 saturated heterocycles. The van der Waals surface area contributed by atoms with Crippen LogP contribution in [0.5, 0.6) is 40.2 Å². The molecule has 4 aliphatic carbocycles. The summed E-state index contributed by atoms with van der Waals surface area (Å²) in [6.45, 7) is 7.84. The second kappa shape index (κ2) is 24.5. The van der Waals surface area contributed by atoms with Gasteiger partial charge in [0.15, 0.2) is 46.3 Å². The molecule has 0 spiro atoms. The van der Waals surface area contributed by atoms with Gasteiger partial charge in [-0.1, -0.05) is 66.7 Å². The Morgan fingerprint density at radius 1 is 0.571 bits per heavy atom. The molecular formula is C64H48N2O18. The number of phenols is 5. The van der Waals surface area contributed by atoms with E-state index in [2.05, 4.69) is 0 Å². The van der Waals surface area contributed by atoms with E-state index in [0.29, 0.717) is 44.5 Å². The number of hydrogen-bond donors (Lipinski definition) is 5. The number of methoxy groups -OCH3 is 1. The minimum absolute atomic E-state index is 0.00176. The van der Waals surface area contributed by atoms with Gasteiger partial charge >= 0.3 is 11.7 Å². The first kappa shape index (κ1) is 60.2. The Morgan fingerprint density at radius 2 is 1.06 bits per heavy atom. The lowest BCUT2D eigenvalue weighted by atomic mass is 9.72. The van der Waals surface area contributed by atoms with Crippen LogP contribution in [0.4, 0.5) is 5.69 Å². The Labute approximate surface area is 477 Å². The Morgan fingerprint density at radius 3 is 1.61 bits per heavy atom. The number of nitro groups is 1. The largest absolute Gasteiger partial charge is 0.507 e. The molecule has 0 heterocycles. The van der Waals surface area contributed by atoms with Crippen LogP contribution in [0.25, 0.3) is 10.8 Å². The average Bonchev–Trinajstić information content (AvgIpc) is 2.06. The first-order valence-corrected chi connectivity index (χ1v) is 25.1. The van der Waals surface area contributed by atoms with Crippen LogP contribution >= 0.6 is 0 Å². The highest BCUT2D eigenvalue weighted by Gasteiger charge is 2.44. The van der Waals surface area contributed by atoms with E-state index in [-0.39, 0.29) is 108 Å². The summed E-state index contributed by atoms with van der Waals surface area (Å²) in [5.41, 5.74) is 1.26. The smallest absolute Gasteiger partial charge is 0.343 e. The number of nitrogens with zero attached hydrogens (tertiary/aromatic N) is 2. The van der Waals surface area contributed by atoms with Gasteiger partial charge in [-0.25, -0.2) is 4.79 Å². The topological polar surface area (TPSA) is 340 Å². The molecule has 11 rings (SSSR count). The number of ether oxygens (including phenoxy) is 2. The first-order chi connectivity index (χ1) is 39.8. The molecule has 20 nitrogen and oxygen atoms in total. The van der Waals surface area contributed by atoms with Gasteiger partial charge in [0, 0.05) is 56.8 Å². The van der Waals surface area contributed by atoms with Gasteiger partial charge in [-0.15, -0.1) is 0 Å². The van der Waals surface area contributed by atoms with E-state index in [0.717, 1.165) is 12.1 Å². The van der Waals surface area contributed by atoms with Crippen molar-refractivity contribution in [1.82, 2.24) is 0 Å². The predicted octanol–water partition coefficient (Wildman–Crippen LogP) is 10.8. The van der Waals surface area contributed by atoms with Gasteiger partial charge in [0.05, 0.1) is 51.3 Å². The third-order valence-electron chi connectivity index (χ3n) is 13.5. The van der Waals surface area contributed by atoms with Crippen molar-refractivity contribution in [2.45, 2.75) is 41.0 Å². The maximum absolute atomic E-state index is 12.2. The molecule has 0 amide bonds. The predicted molar refractivity (Wildman–Crippen MR) is 302 cm³/mol. The van der Waals surface area contributed by atoms with Crippen LogP contribution in [0.3, 0.4) is 0 Å². The summed E-state index contributed by atoms with van der Waals surface area (Å²) in [5.74, 6) is -3.54. The van der Waals surface area contributed by atoms with Crippen molar-refractivity contribution in [2.75, 3.05) is 7.11 Å². The quantitative estimate of drug-likeness (QED) is 0.0359.